The molecule has 0 spiro atoms. The van der Waals surface area contributed by atoms with Gasteiger partial charge in [0.2, 0.25) is 0 Å². The molecule has 0 amide bonds. The first-order valence-corrected chi connectivity index (χ1v) is 5.81. The molecule has 2 rings (SSSR count). The van der Waals surface area contributed by atoms with Crippen LogP contribution in [0.4, 0.5) is 0 Å². The Morgan fingerprint density at radius 1 is 1.08 bits per heavy atom. The Bertz CT molecular complexity index is 152. The number of rotatable bonds is 1. The summed E-state index contributed by atoms with van der Waals surface area (Å²) in [6.45, 7) is 2.55. The van der Waals surface area contributed by atoms with Crippen molar-refractivity contribution in [2.45, 2.75) is 50.6 Å². The van der Waals surface area contributed by atoms with E-state index in [9.17, 15) is 0 Å². The standard InChI is InChI=1S/C11H22N2/c1-13-9-5-3-7-11(13)10-6-2-4-8-12-10/h10-12H,2-9H2,1H3/t10-,11+/m1/s1. The van der Waals surface area contributed by atoms with Gasteiger partial charge in [-0.1, -0.05) is 12.8 Å². The molecule has 2 saturated heterocycles. The van der Waals surface area contributed by atoms with E-state index in [2.05, 4.69) is 17.3 Å². The van der Waals surface area contributed by atoms with Gasteiger partial charge in [0.25, 0.3) is 0 Å². The molecule has 0 aliphatic carbocycles. The topological polar surface area (TPSA) is 15.3 Å². The summed E-state index contributed by atoms with van der Waals surface area (Å²) in [6, 6.07) is 1.62. The number of hydrogen-bond acceptors (Lipinski definition) is 2. The minimum atomic E-state index is 0.791. The van der Waals surface area contributed by atoms with Crippen LogP contribution >= 0.6 is 0 Å². The van der Waals surface area contributed by atoms with Crippen LogP contribution in [0.3, 0.4) is 0 Å². The lowest BCUT2D eigenvalue weighted by Gasteiger charge is -2.40. The van der Waals surface area contributed by atoms with Crippen LogP contribution in [-0.4, -0.2) is 37.1 Å². The highest BCUT2D eigenvalue weighted by molar-refractivity contribution is 4.87. The zero-order valence-corrected chi connectivity index (χ0v) is 8.76. The number of nitrogens with zero attached hydrogens (tertiary/aromatic N) is 1. The van der Waals surface area contributed by atoms with Crippen molar-refractivity contribution in [2.24, 2.45) is 0 Å². The maximum atomic E-state index is 3.68. The van der Waals surface area contributed by atoms with Gasteiger partial charge < -0.3 is 10.2 Å². The molecule has 0 bridgehead atoms. The van der Waals surface area contributed by atoms with Crippen molar-refractivity contribution in [2.75, 3.05) is 20.1 Å². The molecular weight excluding hydrogens is 160 g/mol. The first kappa shape index (κ1) is 9.47. The summed E-state index contributed by atoms with van der Waals surface area (Å²) in [5, 5.41) is 3.68. The van der Waals surface area contributed by atoms with E-state index in [0.29, 0.717) is 0 Å². The molecule has 1 N–H and O–H groups in total. The van der Waals surface area contributed by atoms with Crippen LogP contribution < -0.4 is 5.32 Å². The monoisotopic (exact) mass is 182 g/mol. The predicted octanol–water partition coefficient (Wildman–Crippen LogP) is 1.61. The van der Waals surface area contributed by atoms with E-state index in [-0.39, 0.29) is 0 Å². The summed E-state index contributed by atoms with van der Waals surface area (Å²) in [5.41, 5.74) is 0. The van der Waals surface area contributed by atoms with E-state index >= 15 is 0 Å². The molecule has 2 aliphatic heterocycles. The molecule has 2 aliphatic rings. The van der Waals surface area contributed by atoms with Crippen molar-refractivity contribution in [3.63, 3.8) is 0 Å². The lowest BCUT2D eigenvalue weighted by Crippen LogP contribution is -2.52. The molecule has 0 unspecified atom stereocenters. The van der Waals surface area contributed by atoms with Crippen molar-refractivity contribution in [1.82, 2.24) is 10.2 Å². The van der Waals surface area contributed by atoms with Crippen LogP contribution in [-0.2, 0) is 0 Å². The minimum absolute atomic E-state index is 0.791. The summed E-state index contributed by atoms with van der Waals surface area (Å²) >= 11 is 0. The zero-order chi connectivity index (χ0) is 9.10. The highest BCUT2D eigenvalue weighted by Gasteiger charge is 2.27. The highest BCUT2D eigenvalue weighted by atomic mass is 15.2. The van der Waals surface area contributed by atoms with E-state index in [1.165, 1.54) is 51.6 Å². The first-order chi connectivity index (χ1) is 6.38. The van der Waals surface area contributed by atoms with Gasteiger partial charge >= 0.3 is 0 Å². The second kappa shape index (κ2) is 4.43. The van der Waals surface area contributed by atoms with Gasteiger partial charge in [-0.2, -0.15) is 0 Å². The van der Waals surface area contributed by atoms with E-state index in [1.54, 1.807) is 0 Å². The van der Waals surface area contributed by atoms with Crippen LogP contribution in [0.15, 0.2) is 0 Å². The van der Waals surface area contributed by atoms with Gasteiger partial charge in [-0.05, 0) is 45.8 Å². The van der Waals surface area contributed by atoms with Gasteiger partial charge in [0, 0.05) is 12.1 Å². The summed E-state index contributed by atoms with van der Waals surface area (Å²) in [6.07, 6.45) is 8.46. The normalized spacial score (nSPS) is 37.6. The van der Waals surface area contributed by atoms with Crippen molar-refractivity contribution >= 4 is 0 Å². The van der Waals surface area contributed by atoms with Gasteiger partial charge in [0.15, 0.2) is 0 Å². The maximum Gasteiger partial charge on any atom is 0.0246 e. The molecule has 0 aromatic rings. The Morgan fingerprint density at radius 3 is 2.62 bits per heavy atom. The molecule has 2 heterocycles. The Kier molecular flexibility index (Phi) is 3.23. The van der Waals surface area contributed by atoms with E-state index in [0.717, 1.165) is 12.1 Å². The van der Waals surface area contributed by atoms with Crippen LogP contribution in [0.2, 0.25) is 0 Å². The molecule has 2 nitrogen and oxygen atoms in total. The number of nitrogens with one attached hydrogen (secondary N) is 1. The lowest BCUT2D eigenvalue weighted by atomic mass is 9.91. The Morgan fingerprint density at radius 2 is 1.92 bits per heavy atom. The average molecular weight is 182 g/mol. The van der Waals surface area contributed by atoms with Gasteiger partial charge in [-0.25, -0.2) is 0 Å². The molecular formula is C11H22N2. The van der Waals surface area contributed by atoms with Crippen LogP contribution in [0.1, 0.15) is 38.5 Å². The number of likely N-dealkylation sites (tertiary alicyclic amines) is 1. The largest absolute Gasteiger partial charge is 0.312 e. The quantitative estimate of drug-likeness (QED) is 0.663. The number of likely N-dealkylation sites (N-methyl/N-ethyl adjacent to an activating group) is 1. The van der Waals surface area contributed by atoms with Gasteiger partial charge in [0.05, 0.1) is 0 Å². The van der Waals surface area contributed by atoms with Crippen molar-refractivity contribution in [1.29, 1.82) is 0 Å². The molecule has 2 fully saturated rings. The van der Waals surface area contributed by atoms with Crippen LogP contribution in [0.5, 0.6) is 0 Å². The van der Waals surface area contributed by atoms with Gasteiger partial charge in [0.1, 0.15) is 0 Å². The average Bonchev–Trinajstić information content (AvgIpc) is 2.20. The molecule has 0 saturated carbocycles. The van der Waals surface area contributed by atoms with Crippen molar-refractivity contribution in [3.8, 4) is 0 Å². The Balaban J connectivity index is 1.88. The van der Waals surface area contributed by atoms with Crippen molar-refractivity contribution in [3.05, 3.63) is 0 Å². The minimum Gasteiger partial charge on any atom is -0.312 e. The number of piperidine rings is 2. The third-order valence-electron chi connectivity index (χ3n) is 3.64. The van der Waals surface area contributed by atoms with Crippen LogP contribution in [0, 0.1) is 0 Å². The fraction of sp³-hybridized carbons (Fsp3) is 1.00. The van der Waals surface area contributed by atoms with Gasteiger partial charge in [-0.3, -0.25) is 0 Å². The zero-order valence-electron chi connectivity index (χ0n) is 8.76. The molecule has 0 radical (unpaired) electrons. The fourth-order valence-corrected chi connectivity index (χ4v) is 2.82. The smallest absolute Gasteiger partial charge is 0.0246 e. The molecule has 2 heteroatoms. The molecule has 76 valence electrons. The highest BCUT2D eigenvalue weighted by Crippen LogP contribution is 2.22. The third kappa shape index (κ3) is 2.23. The van der Waals surface area contributed by atoms with E-state index in [4.69, 9.17) is 0 Å². The molecule has 0 aromatic carbocycles. The first-order valence-electron chi connectivity index (χ1n) is 5.81. The molecule has 2 atom stereocenters. The van der Waals surface area contributed by atoms with Crippen molar-refractivity contribution < 1.29 is 0 Å². The molecule has 0 aromatic heterocycles. The maximum absolute atomic E-state index is 3.68. The molecule has 13 heavy (non-hydrogen) atoms. The van der Waals surface area contributed by atoms with E-state index < -0.39 is 0 Å². The third-order valence-corrected chi connectivity index (χ3v) is 3.64. The Hall–Kier alpha value is -0.0800. The summed E-state index contributed by atoms with van der Waals surface area (Å²) in [4.78, 5) is 2.56. The summed E-state index contributed by atoms with van der Waals surface area (Å²) in [7, 11) is 2.29. The Labute approximate surface area is 81.7 Å². The fourth-order valence-electron chi connectivity index (χ4n) is 2.82. The van der Waals surface area contributed by atoms with Crippen LogP contribution in [0.25, 0.3) is 0 Å². The second-order valence-electron chi connectivity index (χ2n) is 4.60. The summed E-state index contributed by atoms with van der Waals surface area (Å²) < 4.78 is 0. The lowest BCUT2D eigenvalue weighted by molar-refractivity contribution is 0.131. The SMILES string of the molecule is CN1CCCC[C@H]1[C@H]1CCCCN1. The predicted molar refractivity (Wildman–Crippen MR) is 55.9 cm³/mol. The van der Waals surface area contributed by atoms with E-state index in [1.807, 2.05) is 0 Å². The number of hydrogen-bond donors (Lipinski definition) is 1. The summed E-state index contributed by atoms with van der Waals surface area (Å²) in [5.74, 6) is 0. The van der Waals surface area contributed by atoms with Gasteiger partial charge in [-0.15, -0.1) is 0 Å². The second-order valence-corrected chi connectivity index (χ2v) is 4.60.